The van der Waals surface area contributed by atoms with Gasteiger partial charge in [0.05, 0.1) is 10.5 Å². The van der Waals surface area contributed by atoms with Crippen LogP contribution in [-0.2, 0) is 0 Å². The van der Waals surface area contributed by atoms with E-state index in [1.165, 1.54) is 6.07 Å². The van der Waals surface area contributed by atoms with Crippen LogP contribution in [0, 0.1) is 10.1 Å². The Hall–Kier alpha value is -2.44. The van der Waals surface area contributed by atoms with Crippen LogP contribution in [0.15, 0.2) is 18.2 Å². The van der Waals surface area contributed by atoms with Crippen molar-refractivity contribution in [2.24, 2.45) is 0 Å². The fourth-order valence-electron chi connectivity index (χ4n) is 2.42. The molecule has 1 aromatic rings. The summed E-state index contributed by atoms with van der Waals surface area (Å²) in [6, 6.07) is 3.30. The van der Waals surface area contributed by atoms with Crippen molar-refractivity contribution in [3.05, 3.63) is 39.4 Å². The summed E-state index contributed by atoms with van der Waals surface area (Å²) in [5.74, 6) is -1.63. The summed E-state index contributed by atoms with van der Waals surface area (Å²) < 4.78 is 0. The number of likely N-dealkylation sites (tertiary alicyclic amines) is 1. The smallest absolute Gasteiger partial charge is 0.335 e. The van der Waals surface area contributed by atoms with Gasteiger partial charge in [0.25, 0.3) is 11.6 Å². The number of nitro groups is 1. The predicted molar refractivity (Wildman–Crippen MR) is 74.4 cm³/mol. The maximum Gasteiger partial charge on any atom is 0.335 e. The first-order valence-corrected chi connectivity index (χ1v) is 6.81. The lowest BCUT2D eigenvalue weighted by molar-refractivity contribution is -0.384. The third kappa shape index (κ3) is 3.56. The van der Waals surface area contributed by atoms with Crippen molar-refractivity contribution in [1.82, 2.24) is 4.90 Å². The highest BCUT2D eigenvalue weighted by molar-refractivity contribution is 5.98. The van der Waals surface area contributed by atoms with Gasteiger partial charge in [-0.05, 0) is 18.9 Å². The monoisotopic (exact) mass is 292 g/mol. The fraction of sp³-hybridized carbons (Fsp3) is 0.429. The lowest BCUT2D eigenvalue weighted by atomic mass is 10.1. The van der Waals surface area contributed by atoms with Gasteiger partial charge in [0.15, 0.2) is 0 Å². The third-order valence-electron chi connectivity index (χ3n) is 3.52. The number of nitrogens with zero attached hydrogens (tertiary/aromatic N) is 2. The molecule has 1 fully saturated rings. The molecule has 0 aromatic heterocycles. The Bertz CT molecular complexity index is 544. The Morgan fingerprint density at radius 2 is 1.62 bits per heavy atom. The molecule has 2 rings (SSSR count). The van der Waals surface area contributed by atoms with E-state index in [9.17, 15) is 19.7 Å². The molecule has 0 unspecified atom stereocenters. The molecule has 0 bridgehead atoms. The minimum absolute atomic E-state index is 0.0588. The van der Waals surface area contributed by atoms with Crippen molar-refractivity contribution in [1.29, 1.82) is 0 Å². The van der Waals surface area contributed by atoms with Gasteiger partial charge in [-0.2, -0.15) is 0 Å². The van der Waals surface area contributed by atoms with Gasteiger partial charge in [-0.15, -0.1) is 0 Å². The molecule has 0 aliphatic carbocycles. The average Bonchev–Trinajstić information content (AvgIpc) is 2.74. The number of benzene rings is 1. The number of non-ortho nitro benzene ring substituents is 1. The summed E-state index contributed by atoms with van der Waals surface area (Å²) in [5, 5.41) is 19.9. The number of nitro benzene ring substituents is 1. The number of hydrogen-bond donors (Lipinski definition) is 1. The second kappa shape index (κ2) is 6.34. The van der Waals surface area contributed by atoms with Gasteiger partial charge in [0.2, 0.25) is 0 Å². The molecule has 1 N–H and O–H groups in total. The maximum atomic E-state index is 12.4. The van der Waals surface area contributed by atoms with Crippen molar-refractivity contribution in [2.45, 2.75) is 25.7 Å². The molecule has 1 heterocycles. The minimum Gasteiger partial charge on any atom is -0.478 e. The van der Waals surface area contributed by atoms with Crippen molar-refractivity contribution in [2.75, 3.05) is 13.1 Å². The molecule has 1 amide bonds. The van der Waals surface area contributed by atoms with Crippen LogP contribution in [0.25, 0.3) is 0 Å². The van der Waals surface area contributed by atoms with Crippen LogP contribution in [0.2, 0.25) is 0 Å². The molecule has 0 spiro atoms. The molecule has 1 aromatic carbocycles. The van der Waals surface area contributed by atoms with Crippen LogP contribution >= 0.6 is 0 Å². The van der Waals surface area contributed by atoms with Crippen molar-refractivity contribution in [3.8, 4) is 0 Å². The highest BCUT2D eigenvalue weighted by Crippen LogP contribution is 2.20. The van der Waals surface area contributed by atoms with Crippen LogP contribution < -0.4 is 0 Å². The quantitative estimate of drug-likeness (QED) is 0.680. The Labute approximate surface area is 121 Å². The summed E-state index contributed by atoms with van der Waals surface area (Å²) in [5.41, 5.74) is -0.570. The van der Waals surface area contributed by atoms with E-state index in [1.807, 2.05) is 0 Å². The molecule has 1 aliphatic rings. The van der Waals surface area contributed by atoms with E-state index in [4.69, 9.17) is 5.11 Å². The van der Waals surface area contributed by atoms with E-state index < -0.39 is 10.9 Å². The molecule has 21 heavy (non-hydrogen) atoms. The lowest BCUT2D eigenvalue weighted by Gasteiger charge is -2.20. The van der Waals surface area contributed by atoms with Crippen LogP contribution in [0.1, 0.15) is 46.4 Å². The Morgan fingerprint density at radius 1 is 1.05 bits per heavy atom. The van der Waals surface area contributed by atoms with Gasteiger partial charge < -0.3 is 10.0 Å². The van der Waals surface area contributed by atoms with E-state index in [2.05, 4.69) is 0 Å². The number of carbonyl (C=O) groups excluding carboxylic acids is 1. The normalized spacial score (nSPS) is 15.3. The minimum atomic E-state index is -1.29. The molecule has 112 valence electrons. The Kier molecular flexibility index (Phi) is 4.52. The number of rotatable bonds is 3. The fourth-order valence-corrected chi connectivity index (χ4v) is 2.42. The van der Waals surface area contributed by atoms with Crippen LogP contribution in [0.5, 0.6) is 0 Å². The Morgan fingerprint density at radius 3 is 2.14 bits per heavy atom. The Balaban J connectivity index is 2.34. The molecule has 0 saturated carbocycles. The summed E-state index contributed by atoms with van der Waals surface area (Å²) in [7, 11) is 0. The van der Waals surface area contributed by atoms with Crippen LogP contribution in [0.4, 0.5) is 5.69 Å². The standard InChI is InChI=1S/C14H16N2O5/c17-13(15-5-3-1-2-4-6-15)10-7-11(14(18)19)9-12(8-10)16(20)21/h7-9H,1-6H2,(H,18,19). The zero-order valence-electron chi connectivity index (χ0n) is 11.4. The van der Waals surface area contributed by atoms with E-state index in [0.717, 1.165) is 37.8 Å². The predicted octanol–water partition coefficient (Wildman–Crippen LogP) is 2.31. The first-order valence-electron chi connectivity index (χ1n) is 6.81. The molecule has 0 atom stereocenters. The molecule has 0 radical (unpaired) electrons. The van der Waals surface area contributed by atoms with E-state index >= 15 is 0 Å². The number of carbonyl (C=O) groups is 2. The summed E-state index contributed by atoms with van der Waals surface area (Å²) in [4.78, 5) is 35.3. The number of carboxylic acids is 1. The molecular formula is C14H16N2O5. The van der Waals surface area contributed by atoms with Gasteiger partial charge in [0.1, 0.15) is 0 Å². The topological polar surface area (TPSA) is 101 Å². The SMILES string of the molecule is O=C(O)c1cc(C(=O)N2CCCCCC2)cc([N+](=O)[O-])c1. The summed E-state index contributed by atoms with van der Waals surface area (Å²) >= 11 is 0. The molecule has 1 aliphatic heterocycles. The summed E-state index contributed by atoms with van der Waals surface area (Å²) in [6.07, 6.45) is 3.90. The highest BCUT2D eigenvalue weighted by atomic mass is 16.6. The van der Waals surface area contributed by atoms with E-state index in [0.29, 0.717) is 13.1 Å². The van der Waals surface area contributed by atoms with Gasteiger partial charge in [0, 0.05) is 30.8 Å². The first kappa shape index (κ1) is 15.0. The van der Waals surface area contributed by atoms with Crippen LogP contribution in [-0.4, -0.2) is 39.9 Å². The molecular weight excluding hydrogens is 276 g/mol. The largest absolute Gasteiger partial charge is 0.478 e. The second-order valence-corrected chi connectivity index (χ2v) is 5.04. The van der Waals surface area contributed by atoms with Gasteiger partial charge >= 0.3 is 5.97 Å². The second-order valence-electron chi connectivity index (χ2n) is 5.04. The van der Waals surface area contributed by atoms with Gasteiger partial charge in [-0.25, -0.2) is 4.79 Å². The number of amides is 1. The third-order valence-corrected chi connectivity index (χ3v) is 3.52. The van der Waals surface area contributed by atoms with E-state index in [1.54, 1.807) is 4.90 Å². The van der Waals surface area contributed by atoms with Gasteiger partial charge in [-0.3, -0.25) is 14.9 Å². The number of carboxylic acid groups (broad SMARTS) is 1. The highest BCUT2D eigenvalue weighted by Gasteiger charge is 2.22. The first-order chi connectivity index (χ1) is 9.99. The zero-order chi connectivity index (χ0) is 15.4. The number of aromatic carboxylic acids is 1. The van der Waals surface area contributed by atoms with Gasteiger partial charge in [-0.1, -0.05) is 12.8 Å². The maximum absolute atomic E-state index is 12.4. The van der Waals surface area contributed by atoms with Crippen molar-refractivity contribution < 1.29 is 19.6 Å². The number of hydrogen-bond acceptors (Lipinski definition) is 4. The lowest BCUT2D eigenvalue weighted by Crippen LogP contribution is -2.32. The van der Waals surface area contributed by atoms with E-state index in [-0.39, 0.29) is 22.7 Å². The average molecular weight is 292 g/mol. The van der Waals surface area contributed by atoms with Crippen molar-refractivity contribution >= 4 is 17.6 Å². The van der Waals surface area contributed by atoms with Crippen molar-refractivity contribution in [3.63, 3.8) is 0 Å². The molecule has 1 saturated heterocycles. The zero-order valence-corrected chi connectivity index (χ0v) is 11.4. The molecule has 7 nitrogen and oxygen atoms in total. The summed E-state index contributed by atoms with van der Waals surface area (Å²) in [6.45, 7) is 1.20. The molecule has 7 heteroatoms. The van der Waals surface area contributed by atoms with Crippen LogP contribution in [0.3, 0.4) is 0 Å².